The van der Waals surface area contributed by atoms with Crippen molar-refractivity contribution in [3.8, 4) is 5.75 Å². The van der Waals surface area contributed by atoms with E-state index in [1.165, 1.54) is 7.11 Å². The van der Waals surface area contributed by atoms with E-state index in [1.807, 2.05) is 0 Å². The van der Waals surface area contributed by atoms with E-state index in [-0.39, 0.29) is 6.07 Å². The van der Waals surface area contributed by atoms with Gasteiger partial charge < -0.3 is 9.47 Å². The predicted molar refractivity (Wildman–Crippen MR) is 61.5 cm³/mol. The van der Waals surface area contributed by atoms with Crippen molar-refractivity contribution in [2.24, 2.45) is 0 Å². The van der Waals surface area contributed by atoms with Gasteiger partial charge in [0.15, 0.2) is 6.07 Å². The van der Waals surface area contributed by atoms with E-state index in [2.05, 4.69) is 26.0 Å². The SMILES string of the molecule is COc1ccc(Br)cc1NC(=O)OCCl. The normalized spacial score (nSPS) is 9.53. The first-order valence-electron chi connectivity index (χ1n) is 4.00. The largest absolute Gasteiger partial charge is 0.495 e. The number of hydrogen-bond acceptors (Lipinski definition) is 3. The van der Waals surface area contributed by atoms with E-state index < -0.39 is 6.09 Å². The highest BCUT2D eigenvalue weighted by Crippen LogP contribution is 2.27. The molecule has 0 saturated heterocycles. The predicted octanol–water partition coefficient (Wildman–Crippen LogP) is 3.20. The van der Waals surface area contributed by atoms with Gasteiger partial charge in [0.1, 0.15) is 5.75 Å². The molecule has 0 unspecified atom stereocenters. The van der Waals surface area contributed by atoms with Crippen molar-refractivity contribution in [3.05, 3.63) is 22.7 Å². The Kier molecular flexibility index (Phi) is 4.71. The monoisotopic (exact) mass is 293 g/mol. The molecular formula is C9H9BrClNO3. The zero-order valence-corrected chi connectivity index (χ0v) is 10.3. The number of alkyl halides is 1. The first-order valence-corrected chi connectivity index (χ1v) is 5.33. The van der Waals surface area contributed by atoms with Crippen molar-refractivity contribution in [3.63, 3.8) is 0 Å². The van der Waals surface area contributed by atoms with Crippen molar-refractivity contribution >= 4 is 39.3 Å². The van der Waals surface area contributed by atoms with Crippen LogP contribution in [0.15, 0.2) is 22.7 Å². The van der Waals surface area contributed by atoms with Crippen molar-refractivity contribution in [1.82, 2.24) is 0 Å². The van der Waals surface area contributed by atoms with Gasteiger partial charge in [-0.15, -0.1) is 0 Å². The number of ether oxygens (including phenoxy) is 2. The minimum absolute atomic E-state index is 0.192. The van der Waals surface area contributed by atoms with Gasteiger partial charge in [-0.3, -0.25) is 5.32 Å². The molecule has 0 spiro atoms. The highest BCUT2D eigenvalue weighted by atomic mass is 79.9. The molecule has 6 heteroatoms. The standard InChI is InChI=1S/C9H9BrClNO3/c1-14-8-3-2-6(10)4-7(8)12-9(13)15-5-11/h2-4H,5H2,1H3,(H,12,13). The first-order chi connectivity index (χ1) is 7.17. The summed E-state index contributed by atoms with van der Waals surface area (Å²) >= 11 is 8.52. The molecule has 0 aliphatic carbocycles. The highest BCUT2D eigenvalue weighted by molar-refractivity contribution is 9.10. The molecule has 0 aliphatic rings. The summed E-state index contributed by atoms with van der Waals surface area (Å²) in [5.41, 5.74) is 0.516. The number of halogens is 2. The summed E-state index contributed by atoms with van der Waals surface area (Å²) in [4.78, 5) is 11.1. The zero-order chi connectivity index (χ0) is 11.3. The third kappa shape index (κ3) is 3.60. The molecule has 0 fully saturated rings. The van der Waals surface area contributed by atoms with Gasteiger partial charge in [0.05, 0.1) is 12.8 Å². The number of nitrogens with one attached hydrogen (secondary N) is 1. The third-order valence-corrected chi connectivity index (χ3v) is 2.19. The Bertz CT molecular complexity index is 359. The lowest BCUT2D eigenvalue weighted by atomic mass is 10.3. The molecule has 0 aromatic heterocycles. The van der Waals surface area contributed by atoms with Crippen molar-refractivity contribution in [2.75, 3.05) is 18.5 Å². The van der Waals surface area contributed by atoms with E-state index in [0.717, 1.165) is 4.47 Å². The number of hydrogen-bond donors (Lipinski definition) is 1. The van der Waals surface area contributed by atoms with Gasteiger partial charge in [0.2, 0.25) is 0 Å². The Balaban J connectivity index is 2.82. The van der Waals surface area contributed by atoms with Crippen LogP contribution in [0.4, 0.5) is 10.5 Å². The fourth-order valence-electron chi connectivity index (χ4n) is 0.973. The topological polar surface area (TPSA) is 47.6 Å². The number of anilines is 1. The molecule has 0 heterocycles. The Labute approximate surface area is 101 Å². The maximum absolute atomic E-state index is 11.1. The number of carbonyl (C=O) groups excluding carboxylic acids is 1. The number of benzene rings is 1. The molecule has 82 valence electrons. The van der Waals surface area contributed by atoms with Gasteiger partial charge in [0.25, 0.3) is 0 Å². The summed E-state index contributed by atoms with van der Waals surface area (Å²) in [6.07, 6.45) is -0.624. The van der Waals surface area contributed by atoms with Crippen LogP contribution in [0.1, 0.15) is 0 Å². The molecule has 1 aromatic carbocycles. The highest BCUT2D eigenvalue weighted by Gasteiger charge is 2.08. The van der Waals surface area contributed by atoms with Crippen LogP contribution in [-0.4, -0.2) is 19.3 Å². The minimum Gasteiger partial charge on any atom is -0.495 e. The van der Waals surface area contributed by atoms with Gasteiger partial charge in [-0.2, -0.15) is 0 Å². The lowest BCUT2D eigenvalue weighted by Crippen LogP contribution is -2.13. The molecule has 1 amide bonds. The third-order valence-electron chi connectivity index (χ3n) is 1.58. The van der Waals surface area contributed by atoms with Gasteiger partial charge in [-0.25, -0.2) is 4.79 Å². The zero-order valence-electron chi connectivity index (χ0n) is 7.92. The maximum Gasteiger partial charge on any atom is 0.412 e. The van der Waals surface area contributed by atoms with Gasteiger partial charge >= 0.3 is 6.09 Å². The summed E-state index contributed by atoms with van der Waals surface area (Å²) in [5, 5.41) is 2.50. The number of rotatable bonds is 3. The second-order valence-electron chi connectivity index (χ2n) is 2.51. The fourth-order valence-corrected chi connectivity index (χ4v) is 1.43. The van der Waals surface area contributed by atoms with Gasteiger partial charge in [0, 0.05) is 4.47 Å². The second-order valence-corrected chi connectivity index (χ2v) is 3.64. The molecule has 0 atom stereocenters. The first kappa shape index (κ1) is 12.1. The average molecular weight is 295 g/mol. The van der Waals surface area contributed by atoms with Crippen molar-refractivity contribution in [1.29, 1.82) is 0 Å². The minimum atomic E-state index is -0.624. The summed E-state index contributed by atoms with van der Waals surface area (Å²) < 4.78 is 10.4. The van der Waals surface area contributed by atoms with Gasteiger partial charge in [-0.05, 0) is 18.2 Å². The van der Waals surface area contributed by atoms with E-state index in [1.54, 1.807) is 18.2 Å². The fraction of sp³-hybridized carbons (Fsp3) is 0.222. The lowest BCUT2D eigenvalue weighted by Gasteiger charge is -2.09. The van der Waals surface area contributed by atoms with Gasteiger partial charge in [-0.1, -0.05) is 27.5 Å². The smallest absolute Gasteiger partial charge is 0.412 e. The van der Waals surface area contributed by atoms with Crippen LogP contribution in [0.25, 0.3) is 0 Å². The number of carbonyl (C=O) groups is 1. The molecule has 0 aliphatic heterocycles. The molecule has 4 nitrogen and oxygen atoms in total. The maximum atomic E-state index is 11.1. The van der Waals surface area contributed by atoms with Crippen molar-refractivity contribution < 1.29 is 14.3 Å². The van der Waals surface area contributed by atoms with Crippen LogP contribution < -0.4 is 10.1 Å². The number of amides is 1. The lowest BCUT2D eigenvalue weighted by molar-refractivity contribution is 0.180. The van der Waals surface area contributed by atoms with E-state index >= 15 is 0 Å². The Morgan fingerprint density at radius 3 is 2.93 bits per heavy atom. The molecule has 1 N–H and O–H groups in total. The number of methoxy groups -OCH3 is 1. The quantitative estimate of drug-likeness (QED) is 0.871. The van der Waals surface area contributed by atoms with Crippen LogP contribution in [0, 0.1) is 0 Å². The molecule has 1 aromatic rings. The van der Waals surface area contributed by atoms with Crippen molar-refractivity contribution in [2.45, 2.75) is 0 Å². The Hall–Kier alpha value is -0.940. The summed E-state index contributed by atoms with van der Waals surface area (Å²) in [6.45, 7) is 0. The molecule has 0 bridgehead atoms. The summed E-state index contributed by atoms with van der Waals surface area (Å²) in [7, 11) is 1.52. The average Bonchev–Trinajstić information content (AvgIpc) is 2.18. The Morgan fingerprint density at radius 2 is 2.33 bits per heavy atom. The van der Waals surface area contributed by atoms with E-state index in [4.69, 9.17) is 16.3 Å². The van der Waals surface area contributed by atoms with Crippen LogP contribution in [0.5, 0.6) is 5.75 Å². The molecule has 0 radical (unpaired) electrons. The molecule has 15 heavy (non-hydrogen) atoms. The van der Waals surface area contributed by atoms with Crippen LogP contribution in [0.3, 0.4) is 0 Å². The van der Waals surface area contributed by atoms with E-state index in [0.29, 0.717) is 11.4 Å². The van der Waals surface area contributed by atoms with Crippen LogP contribution in [0.2, 0.25) is 0 Å². The summed E-state index contributed by atoms with van der Waals surface area (Å²) in [5.74, 6) is 0.546. The molecule has 1 rings (SSSR count). The second kappa shape index (κ2) is 5.82. The molecular weight excluding hydrogens is 285 g/mol. The van der Waals surface area contributed by atoms with E-state index in [9.17, 15) is 4.79 Å². The van der Waals surface area contributed by atoms with Crippen LogP contribution >= 0.6 is 27.5 Å². The Morgan fingerprint density at radius 1 is 1.60 bits per heavy atom. The molecule has 0 saturated carbocycles. The summed E-state index contributed by atoms with van der Waals surface area (Å²) in [6, 6.07) is 5.04. The van der Waals surface area contributed by atoms with Crippen LogP contribution in [-0.2, 0) is 4.74 Å².